The number of anilines is 1. The average molecular weight is 418 g/mol. The largest absolute Gasteiger partial charge is 0.493 e. The Hall–Kier alpha value is -2.97. The van der Waals surface area contributed by atoms with Crippen LogP contribution < -0.4 is 20.1 Å². The van der Waals surface area contributed by atoms with Crippen LogP contribution in [-0.4, -0.2) is 30.7 Å². The van der Waals surface area contributed by atoms with Crippen molar-refractivity contribution in [3.63, 3.8) is 0 Å². The van der Waals surface area contributed by atoms with Gasteiger partial charge in [0, 0.05) is 10.7 Å². The number of amides is 2. The van der Waals surface area contributed by atoms with Crippen molar-refractivity contribution in [3.05, 3.63) is 58.0 Å². The van der Waals surface area contributed by atoms with Crippen LogP contribution in [-0.2, 0) is 9.59 Å². The maximum absolute atomic E-state index is 12.0. The highest BCUT2D eigenvalue weighted by molar-refractivity contribution is 8.18. The molecule has 7 nitrogen and oxygen atoms in total. The molecular formula is C19H16ClN3O4S. The van der Waals surface area contributed by atoms with Crippen LogP contribution >= 0.6 is 23.4 Å². The van der Waals surface area contributed by atoms with Gasteiger partial charge in [0.05, 0.1) is 12.0 Å². The average Bonchev–Trinajstić information content (AvgIpc) is 2.99. The van der Waals surface area contributed by atoms with Crippen LogP contribution in [0.4, 0.5) is 5.69 Å². The van der Waals surface area contributed by atoms with Gasteiger partial charge in [-0.2, -0.15) is 0 Å². The van der Waals surface area contributed by atoms with Gasteiger partial charge in [-0.05, 0) is 59.8 Å². The molecule has 0 bridgehead atoms. The van der Waals surface area contributed by atoms with Crippen LogP contribution in [0.3, 0.4) is 0 Å². The van der Waals surface area contributed by atoms with Crippen LogP contribution in [0.15, 0.2) is 47.4 Å². The smallest absolute Gasteiger partial charge is 0.264 e. The van der Waals surface area contributed by atoms with Crippen LogP contribution in [0.25, 0.3) is 6.08 Å². The first-order valence-corrected chi connectivity index (χ1v) is 9.30. The van der Waals surface area contributed by atoms with Gasteiger partial charge < -0.3 is 20.1 Å². The summed E-state index contributed by atoms with van der Waals surface area (Å²) < 4.78 is 10.9. The molecule has 0 aromatic heterocycles. The molecule has 0 spiro atoms. The predicted molar refractivity (Wildman–Crippen MR) is 110 cm³/mol. The zero-order valence-electron chi connectivity index (χ0n) is 14.7. The number of amidine groups is 1. The minimum absolute atomic E-state index is 0.0925. The molecular weight excluding hydrogens is 402 g/mol. The first-order valence-electron chi connectivity index (χ1n) is 8.10. The van der Waals surface area contributed by atoms with Gasteiger partial charge in [-0.3, -0.25) is 15.0 Å². The third-order valence-corrected chi connectivity index (χ3v) is 4.72. The Balaban J connectivity index is 1.64. The quantitative estimate of drug-likeness (QED) is 0.624. The second-order valence-corrected chi connectivity index (χ2v) is 7.14. The number of ether oxygens (including phenoxy) is 2. The second kappa shape index (κ2) is 8.81. The van der Waals surface area contributed by atoms with Gasteiger partial charge in [-0.25, -0.2) is 0 Å². The Bertz CT molecular complexity index is 960. The standard InChI is InChI=1S/C19H16ClN3O4S/c1-26-15-8-11(9-16-18(25)23-19(21)28-16)2-7-14(15)27-10-17(24)22-13-5-3-12(20)4-6-13/h2-9H,10H2,1H3,(H,22,24)(H2,21,23,25). The molecule has 0 unspecified atom stereocenters. The molecule has 3 N–H and O–H groups in total. The van der Waals surface area contributed by atoms with Gasteiger partial charge in [0.15, 0.2) is 23.3 Å². The fraction of sp³-hybridized carbons (Fsp3) is 0.105. The number of nitrogens with one attached hydrogen (secondary N) is 3. The van der Waals surface area contributed by atoms with Crippen LogP contribution in [0.1, 0.15) is 5.56 Å². The number of rotatable bonds is 6. The van der Waals surface area contributed by atoms with E-state index in [1.165, 1.54) is 7.11 Å². The molecule has 1 heterocycles. The number of benzene rings is 2. The molecule has 2 aromatic carbocycles. The van der Waals surface area contributed by atoms with E-state index in [-0.39, 0.29) is 23.6 Å². The summed E-state index contributed by atoms with van der Waals surface area (Å²) in [6.07, 6.45) is 1.65. The first kappa shape index (κ1) is 19.8. The Morgan fingerprint density at radius 1 is 1.25 bits per heavy atom. The van der Waals surface area contributed by atoms with Gasteiger partial charge in [-0.1, -0.05) is 17.7 Å². The maximum Gasteiger partial charge on any atom is 0.264 e. The van der Waals surface area contributed by atoms with Crippen LogP contribution in [0.2, 0.25) is 5.02 Å². The van der Waals surface area contributed by atoms with E-state index in [9.17, 15) is 9.59 Å². The molecule has 0 saturated carbocycles. The van der Waals surface area contributed by atoms with E-state index in [1.54, 1.807) is 48.5 Å². The number of carbonyl (C=O) groups is 2. The minimum Gasteiger partial charge on any atom is -0.493 e. The molecule has 2 aromatic rings. The fourth-order valence-electron chi connectivity index (χ4n) is 2.36. The van der Waals surface area contributed by atoms with Crippen molar-refractivity contribution >= 4 is 52.1 Å². The molecule has 28 heavy (non-hydrogen) atoms. The van der Waals surface area contributed by atoms with E-state index in [1.807, 2.05) is 0 Å². The van der Waals surface area contributed by atoms with Gasteiger partial charge in [0.2, 0.25) is 0 Å². The van der Waals surface area contributed by atoms with E-state index < -0.39 is 0 Å². The van der Waals surface area contributed by atoms with E-state index in [0.29, 0.717) is 32.7 Å². The lowest BCUT2D eigenvalue weighted by atomic mass is 10.2. The number of halogens is 1. The van der Waals surface area contributed by atoms with Crippen molar-refractivity contribution in [1.29, 1.82) is 5.41 Å². The molecule has 1 saturated heterocycles. The highest BCUT2D eigenvalue weighted by Crippen LogP contribution is 2.31. The summed E-state index contributed by atoms with van der Waals surface area (Å²) in [6, 6.07) is 11.8. The number of methoxy groups -OCH3 is 1. The summed E-state index contributed by atoms with van der Waals surface area (Å²) in [6.45, 7) is -0.200. The van der Waals surface area contributed by atoms with Crippen molar-refractivity contribution in [3.8, 4) is 11.5 Å². The number of hydrogen-bond acceptors (Lipinski definition) is 6. The SMILES string of the molecule is COc1cc(C=C2SC(=N)NC2=O)ccc1OCC(=O)Nc1ccc(Cl)cc1. The van der Waals surface area contributed by atoms with Gasteiger partial charge in [0.25, 0.3) is 11.8 Å². The summed E-state index contributed by atoms with van der Waals surface area (Å²) in [5.41, 5.74) is 1.33. The van der Waals surface area contributed by atoms with Gasteiger partial charge in [-0.15, -0.1) is 0 Å². The highest BCUT2D eigenvalue weighted by Gasteiger charge is 2.22. The summed E-state index contributed by atoms with van der Waals surface area (Å²) in [4.78, 5) is 24.2. The minimum atomic E-state index is -0.326. The van der Waals surface area contributed by atoms with Crippen molar-refractivity contribution < 1.29 is 19.1 Å². The second-order valence-electron chi connectivity index (χ2n) is 5.65. The summed E-state index contributed by atoms with van der Waals surface area (Å²) >= 11 is 6.87. The molecule has 1 fully saturated rings. The maximum atomic E-state index is 12.0. The lowest BCUT2D eigenvalue weighted by molar-refractivity contribution is -0.118. The Labute approximate surface area is 170 Å². The Morgan fingerprint density at radius 3 is 2.64 bits per heavy atom. The molecule has 1 aliphatic heterocycles. The van der Waals surface area contributed by atoms with E-state index >= 15 is 0 Å². The Kier molecular flexibility index (Phi) is 6.23. The lowest BCUT2D eigenvalue weighted by Gasteiger charge is -2.11. The third-order valence-electron chi connectivity index (χ3n) is 3.64. The van der Waals surface area contributed by atoms with E-state index in [2.05, 4.69) is 10.6 Å². The molecule has 3 rings (SSSR count). The van der Waals surface area contributed by atoms with Crippen LogP contribution in [0, 0.1) is 5.41 Å². The van der Waals surface area contributed by atoms with Crippen LogP contribution in [0.5, 0.6) is 11.5 Å². The van der Waals surface area contributed by atoms with Gasteiger partial charge >= 0.3 is 0 Å². The summed E-state index contributed by atoms with van der Waals surface area (Å²) in [7, 11) is 1.49. The molecule has 144 valence electrons. The van der Waals surface area contributed by atoms with Crippen molar-refractivity contribution in [2.45, 2.75) is 0 Å². The Morgan fingerprint density at radius 2 is 2.00 bits per heavy atom. The third kappa shape index (κ3) is 5.05. The normalized spacial score (nSPS) is 14.7. The number of hydrogen-bond donors (Lipinski definition) is 3. The zero-order valence-corrected chi connectivity index (χ0v) is 16.3. The number of thioether (sulfide) groups is 1. The van der Waals surface area contributed by atoms with E-state index in [4.69, 9.17) is 26.5 Å². The van der Waals surface area contributed by atoms with Crippen molar-refractivity contribution in [1.82, 2.24) is 5.32 Å². The molecule has 2 amide bonds. The molecule has 0 radical (unpaired) electrons. The van der Waals surface area contributed by atoms with Gasteiger partial charge in [0.1, 0.15) is 0 Å². The lowest BCUT2D eigenvalue weighted by Crippen LogP contribution is -2.20. The summed E-state index contributed by atoms with van der Waals surface area (Å²) in [5, 5.41) is 13.3. The van der Waals surface area contributed by atoms with Crippen molar-refractivity contribution in [2.75, 3.05) is 19.0 Å². The summed E-state index contributed by atoms with van der Waals surface area (Å²) in [5.74, 6) is 0.181. The highest BCUT2D eigenvalue weighted by atomic mass is 35.5. The molecule has 9 heteroatoms. The first-order chi connectivity index (χ1) is 13.4. The molecule has 1 aliphatic rings. The topological polar surface area (TPSA) is 101 Å². The number of carbonyl (C=O) groups excluding carboxylic acids is 2. The molecule has 0 atom stereocenters. The molecule has 0 aliphatic carbocycles. The predicted octanol–water partition coefficient (Wildman–Crippen LogP) is 3.50. The fourth-order valence-corrected chi connectivity index (χ4v) is 3.19. The van der Waals surface area contributed by atoms with E-state index in [0.717, 1.165) is 11.8 Å². The monoisotopic (exact) mass is 417 g/mol. The van der Waals surface area contributed by atoms with Crippen molar-refractivity contribution in [2.24, 2.45) is 0 Å². The zero-order chi connectivity index (χ0) is 20.1.